The second-order valence-corrected chi connectivity index (χ2v) is 6.94. The molecule has 1 aromatic rings. The fourth-order valence-corrected chi connectivity index (χ4v) is 3.25. The number of rotatable bonds is 9. The van der Waals surface area contributed by atoms with Crippen LogP contribution in [0.25, 0.3) is 0 Å². The van der Waals surface area contributed by atoms with Gasteiger partial charge >= 0.3 is 0 Å². The number of ether oxygens (including phenoxy) is 1. The number of hydrogen-bond acceptors (Lipinski definition) is 7. The van der Waals surface area contributed by atoms with Crippen molar-refractivity contribution >= 4 is 12.5 Å². The van der Waals surface area contributed by atoms with Gasteiger partial charge in [-0.3, -0.25) is 0 Å². The van der Waals surface area contributed by atoms with Crippen molar-refractivity contribution in [3.63, 3.8) is 0 Å². The number of anilines is 1. The third-order valence-corrected chi connectivity index (χ3v) is 4.86. The molecule has 162 valence electrons. The third kappa shape index (κ3) is 5.81. The van der Waals surface area contributed by atoms with Crippen LogP contribution in [0.3, 0.4) is 0 Å². The number of terminal acetylenes is 1. The van der Waals surface area contributed by atoms with Crippen LogP contribution < -0.4 is 15.8 Å². The number of nitrogens with zero attached hydrogens (tertiary/aromatic N) is 6. The molecule has 0 bridgehead atoms. The Morgan fingerprint density at radius 1 is 1.37 bits per heavy atom. The highest BCUT2D eigenvalue weighted by Gasteiger charge is 2.22. The van der Waals surface area contributed by atoms with Crippen molar-refractivity contribution in [1.29, 1.82) is 0 Å². The minimum absolute atomic E-state index is 0.419. The average Bonchev–Trinajstić information content (AvgIpc) is 2.76. The number of nitrogens with one attached hydrogen (secondary N) is 1. The van der Waals surface area contributed by atoms with Gasteiger partial charge in [0.05, 0.1) is 25.0 Å². The summed E-state index contributed by atoms with van der Waals surface area (Å²) < 4.78 is 7.02. The lowest BCUT2D eigenvalue weighted by Crippen LogP contribution is -2.46. The first kappa shape index (κ1) is 23.4. The standard InChI is InChI=1S/C22H33N7O/c1-7-10-18(30-6)11-9-12-20-19(8-2)21(28-15-13-27(5)14-16-28)26-22(25-17-23-3)29(20)24-4/h2,9-11,23H,4,7,12-17H2,1,3,5-6H3/b11-9-,18-10+,25-22-. The highest BCUT2D eigenvalue weighted by Crippen LogP contribution is 2.21. The highest BCUT2D eigenvalue weighted by atomic mass is 16.5. The van der Waals surface area contributed by atoms with E-state index in [4.69, 9.17) is 16.1 Å². The number of aromatic nitrogens is 2. The van der Waals surface area contributed by atoms with Crippen LogP contribution in [0.5, 0.6) is 0 Å². The van der Waals surface area contributed by atoms with Crippen LogP contribution >= 0.6 is 0 Å². The zero-order valence-corrected chi connectivity index (χ0v) is 18.6. The summed E-state index contributed by atoms with van der Waals surface area (Å²) in [6.45, 7) is 9.84. The topological polar surface area (TPSA) is 70.3 Å². The van der Waals surface area contributed by atoms with E-state index in [0.29, 0.717) is 18.7 Å². The van der Waals surface area contributed by atoms with Gasteiger partial charge in [-0.05, 0) is 32.7 Å². The van der Waals surface area contributed by atoms with Gasteiger partial charge < -0.3 is 19.9 Å². The summed E-state index contributed by atoms with van der Waals surface area (Å²) in [6, 6.07) is 0. The lowest BCUT2D eigenvalue weighted by atomic mass is 10.1. The number of allylic oxidation sites excluding steroid dienone is 3. The van der Waals surface area contributed by atoms with E-state index in [1.54, 1.807) is 11.8 Å². The Bertz CT molecular complexity index is 884. The van der Waals surface area contributed by atoms with Crippen LogP contribution in [-0.4, -0.2) is 75.3 Å². The SMILES string of the molecule is C#Cc1c(N2CCN(C)CC2)n/c(=N/CNC)n(N=C)c1C/C=C\C(=C/CC)OC. The van der Waals surface area contributed by atoms with Crippen LogP contribution in [0.1, 0.15) is 24.6 Å². The highest BCUT2D eigenvalue weighted by molar-refractivity contribution is 5.58. The molecule has 8 nitrogen and oxygen atoms in total. The summed E-state index contributed by atoms with van der Waals surface area (Å²) in [5.41, 5.74) is 2.03. The molecule has 0 spiro atoms. The Labute approximate surface area is 179 Å². The van der Waals surface area contributed by atoms with Gasteiger partial charge in [-0.15, -0.1) is 6.42 Å². The number of hydrogen-bond donors (Lipinski definition) is 1. The van der Waals surface area contributed by atoms with Gasteiger partial charge in [0.2, 0.25) is 5.62 Å². The quantitative estimate of drug-likeness (QED) is 0.286. The second-order valence-electron chi connectivity index (χ2n) is 6.94. The van der Waals surface area contributed by atoms with Crippen molar-refractivity contribution in [2.75, 3.05) is 59.0 Å². The van der Waals surface area contributed by atoms with Crippen LogP contribution in [0.2, 0.25) is 0 Å². The van der Waals surface area contributed by atoms with Gasteiger partial charge in [-0.2, -0.15) is 10.1 Å². The predicted molar refractivity (Wildman–Crippen MR) is 123 cm³/mol. The summed E-state index contributed by atoms with van der Waals surface area (Å²) in [5, 5.41) is 7.18. The third-order valence-electron chi connectivity index (χ3n) is 4.86. The minimum atomic E-state index is 0.419. The van der Waals surface area contributed by atoms with Crippen LogP contribution in [0.4, 0.5) is 5.82 Å². The molecule has 0 aliphatic carbocycles. The Morgan fingerprint density at radius 3 is 2.67 bits per heavy atom. The Kier molecular flexibility index (Phi) is 9.32. The molecule has 0 saturated carbocycles. The first-order valence-corrected chi connectivity index (χ1v) is 10.2. The zero-order valence-electron chi connectivity index (χ0n) is 18.6. The summed E-state index contributed by atoms with van der Waals surface area (Å²) in [5.74, 6) is 4.43. The van der Waals surface area contributed by atoms with E-state index in [1.807, 2.05) is 25.3 Å². The molecule has 0 amide bonds. The summed E-state index contributed by atoms with van der Waals surface area (Å²) in [6.07, 6.45) is 13.4. The molecule has 1 N–H and O–H groups in total. The minimum Gasteiger partial charge on any atom is -0.497 e. The average molecular weight is 412 g/mol. The molecular formula is C22H33N7O. The van der Waals surface area contributed by atoms with E-state index in [1.165, 1.54) is 0 Å². The molecule has 1 fully saturated rings. The maximum Gasteiger partial charge on any atom is 0.249 e. The number of methoxy groups -OCH3 is 1. The molecule has 0 aromatic carbocycles. The second kappa shape index (κ2) is 12.0. The van der Waals surface area contributed by atoms with E-state index < -0.39 is 0 Å². The predicted octanol–water partition coefficient (Wildman–Crippen LogP) is 1.20. The van der Waals surface area contributed by atoms with E-state index in [9.17, 15) is 0 Å². The van der Waals surface area contributed by atoms with Crippen molar-refractivity contribution in [3.8, 4) is 12.3 Å². The van der Waals surface area contributed by atoms with E-state index in [-0.39, 0.29) is 0 Å². The Morgan fingerprint density at radius 2 is 2.10 bits per heavy atom. The molecule has 1 aromatic heterocycles. The molecule has 2 heterocycles. The molecule has 0 unspecified atom stereocenters. The fraction of sp³-hybridized carbons (Fsp3) is 0.500. The maximum atomic E-state index is 5.96. The number of likely N-dealkylation sites (N-methyl/N-ethyl adjacent to an activating group) is 1. The molecule has 30 heavy (non-hydrogen) atoms. The van der Waals surface area contributed by atoms with E-state index in [2.05, 4.69) is 51.8 Å². The van der Waals surface area contributed by atoms with Crippen molar-refractivity contribution in [1.82, 2.24) is 19.9 Å². The normalized spacial score (nSPS) is 16.2. The van der Waals surface area contributed by atoms with Gasteiger partial charge in [0.25, 0.3) is 0 Å². The van der Waals surface area contributed by atoms with Crippen LogP contribution in [0.15, 0.2) is 34.1 Å². The Hall–Kier alpha value is -2.89. The first-order chi connectivity index (χ1) is 14.6. The molecule has 1 aliphatic rings. The summed E-state index contributed by atoms with van der Waals surface area (Å²) in [7, 11) is 5.62. The van der Waals surface area contributed by atoms with Crippen molar-refractivity contribution < 1.29 is 4.74 Å². The van der Waals surface area contributed by atoms with Crippen molar-refractivity contribution in [3.05, 3.63) is 40.9 Å². The molecule has 1 saturated heterocycles. The van der Waals surface area contributed by atoms with Gasteiger partial charge in [-0.25, -0.2) is 9.67 Å². The van der Waals surface area contributed by atoms with E-state index >= 15 is 0 Å². The van der Waals surface area contributed by atoms with E-state index in [0.717, 1.165) is 55.4 Å². The molecular weight excluding hydrogens is 378 g/mol. The number of piperazine rings is 1. The van der Waals surface area contributed by atoms with Crippen molar-refractivity contribution in [2.24, 2.45) is 10.1 Å². The Balaban J connectivity index is 2.57. The van der Waals surface area contributed by atoms with Gasteiger partial charge in [0.1, 0.15) is 5.76 Å². The largest absolute Gasteiger partial charge is 0.497 e. The van der Waals surface area contributed by atoms with Gasteiger partial charge in [-0.1, -0.05) is 18.9 Å². The summed E-state index contributed by atoms with van der Waals surface area (Å²) >= 11 is 0. The maximum absolute atomic E-state index is 5.96. The van der Waals surface area contributed by atoms with Crippen LogP contribution in [-0.2, 0) is 11.2 Å². The lowest BCUT2D eigenvalue weighted by Gasteiger charge is -2.34. The van der Waals surface area contributed by atoms with Crippen molar-refractivity contribution in [2.45, 2.75) is 19.8 Å². The van der Waals surface area contributed by atoms with Gasteiger partial charge in [0, 0.05) is 39.3 Å². The molecule has 1 aliphatic heterocycles. The smallest absolute Gasteiger partial charge is 0.249 e. The van der Waals surface area contributed by atoms with Gasteiger partial charge in [0.15, 0.2) is 5.82 Å². The monoisotopic (exact) mass is 411 g/mol. The lowest BCUT2D eigenvalue weighted by molar-refractivity contribution is 0.305. The van der Waals surface area contributed by atoms with Crippen LogP contribution in [0, 0.1) is 12.3 Å². The molecule has 8 heteroatoms. The molecule has 0 atom stereocenters. The fourth-order valence-electron chi connectivity index (χ4n) is 3.25. The molecule has 0 radical (unpaired) electrons. The summed E-state index contributed by atoms with van der Waals surface area (Å²) in [4.78, 5) is 13.8. The zero-order chi connectivity index (χ0) is 21.9. The molecule has 2 rings (SSSR count). The first-order valence-electron chi connectivity index (χ1n) is 10.2.